The zero-order valence-corrected chi connectivity index (χ0v) is 21.3. The van der Waals surface area contributed by atoms with Crippen LogP contribution in [0.1, 0.15) is 64.6 Å². The minimum absolute atomic E-state index is 0.00886. The van der Waals surface area contributed by atoms with Crippen LogP contribution in [0.3, 0.4) is 0 Å². The third kappa shape index (κ3) is 6.98. The third-order valence-corrected chi connectivity index (χ3v) is 6.00. The molecule has 2 heterocycles. The SMILES string of the molecule is C=C1C=[N+](C(=N)c2cc(OC(C)C)ccn2)C(C(=O)Nc2ccc(CCCCC)cc2)C/C1=C/C. The van der Waals surface area contributed by atoms with Crippen LogP contribution in [0.4, 0.5) is 5.69 Å². The number of hydrogen-bond acceptors (Lipinski definition) is 4. The van der Waals surface area contributed by atoms with Crippen molar-refractivity contribution in [3.8, 4) is 5.75 Å². The lowest BCUT2D eigenvalue weighted by Gasteiger charge is -2.24. The van der Waals surface area contributed by atoms with Crippen LogP contribution in [0.5, 0.6) is 5.75 Å². The quantitative estimate of drug-likeness (QED) is 0.205. The Morgan fingerprint density at radius 1 is 1.29 bits per heavy atom. The van der Waals surface area contributed by atoms with E-state index in [0.29, 0.717) is 17.9 Å². The molecule has 2 aromatic rings. The van der Waals surface area contributed by atoms with Crippen molar-refractivity contribution in [2.24, 2.45) is 0 Å². The Bertz CT molecular complexity index is 1130. The monoisotopic (exact) mass is 473 g/mol. The third-order valence-electron chi connectivity index (χ3n) is 6.00. The topological polar surface area (TPSA) is 78.1 Å². The molecule has 0 aliphatic carbocycles. The van der Waals surface area contributed by atoms with Gasteiger partial charge in [-0.05, 0) is 62.9 Å². The van der Waals surface area contributed by atoms with Crippen molar-refractivity contribution < 1.29 is 14.1 Å². The average Bonchev–Trinajstić information content (AvgIpc) is 2.84. The lowest BCUT2D eigenvalue weighted by Crippen LogP contribution is -2.45. The summed E-state index contributed by atoms with van der Waals surface area (Å²) in [7, 11) is 0. The fourth-order valence-corrected chi connectivity index (χ4v) is 4.10. The molecule has 184 valence electrons. The maximum Gasteiger partial charge on any atom is 0.341 e. The summed E-state index contributed by atoms with van der Waals surface area (Å²) in [6, 6.07) is 10.9. The maximum atomic E-state index is 13.4. The van der Waals surface area contributed by atoms with E-state index < -0.39 is 6.04 Å². The number of amides is 1. The Morgan fingerprint density at radius 2 is 2.03 bits per heavy atom. The molecule has 35 heavy (non-hydrogen) atoms. The average molecular weight is 474 g/mol. The van der Waals surface area contributed by atoms with Crippen LogP contribution < -0.4 is 10.1 Å². The summed E-state index contributed by atoms with van der Waals surface area (Å²) < 4.78 is 7.43. The van der Waals surface area contributed by atoms with Gasteiger partial charge in [0.2, 0.25) is 0 Å². The molecule has 1 aliphatic heterocycles. The number of pyridine rings is 1. The van der Waals surface area contributed by atoms with Crippen molar-refractivity contribution in [3.05, 3.63) is 77.7 Å². The van der Waals surface area contributed by atoms with Crippen LogP contribution in [-0.4, -0.2) is 39.7 Å². The van der Waals surface area contributed by atoms with Gasteiger partial charge in [0.25, 0.3) is 5.91 Å². The molecule has 1 aromatic heterocycles. The summed E-state index contributed by atoms with van der Waals surface area (Å²) in [5, 5.41) is 11.9. The number of aryl methyl sites for hydroxylation is 1. The van der Waals surface area contributed by atoms with E-state index in [1.807, 2.05) is 39.0 Å². The standard InChI is InChI=1S/C29H36N4O2/c1-6-8-9-10-22-11-13-24(14-12-22)32-29(34)27-17-23(7-2)21(5)19-33(27)28(30)26-18-25(15-16-31-26)35-20(3)4/h7,11-16,18-20,27,30H,5-6,8-10,17H2,1-4H3/p+1/b23-7-,30-28?. The normalized spacial score (nSPS) is 16.8. The Kier molecular flexibility index (Phi) is 9.12. The molecule has 2 N–H and O–H groups in total. The number of rotatable bonds is 9. The summed E-state index contributed by atoms with van der Waals surface area (Å²) in [5.41, 5.74) is 4.23. The van der Waals surface area contributed by atoms with Crippen molar-refractivity contribution in [2.75, 3.05) is 5.32 Å². The summed E-state index contributed by atoms with van der Waals surface area (Å²) in [5.74, 6) is 0.591. The van der Waals surface area contributed by atoms with Crippen LogP contribution in [0, 0.1) is 5.41 Å². The van der Waals surface area contributed by atoms with Gasteiger partial charge in [0.1, 0.15) is 5.75 Å². The minimum Gasteiger partial charge on any atom is -0.491 e. The summed E-state index contributed by atoms with van der Waals surface area (Å²) in [6.07, 6.45) is 10.5. The number of anilines is 1. The molecule has 0 saturated carbocycles. The second-order valence-corrected chi connectivity index (χ2v) is 9.13. The second-order valence-electron chi connectivity index (χ2n) is 9.13. The van der Waals surface area contributed by atoms with E-state index in [-0.39, 0.29) is 17.8 Å². The first-order valence-corrected chi connectivity index (χ1v) is 12.4. The van der Waals surface area contributed by atoms with Gasteiger partial charge in [0, 0.05) is 29.9 Å². The number of unbranched alkanes of at least 4 members (excludes halogenated alkanes) is 2. The minimum atomic E-state index is -0.597. The number of amidine groups is 1. The molecule has 0 bridgehead atoms. The Morgan fingerprint density at radius 3 is 2.69 bits per heavy atom. The molecule has 1 atom stereocenters. The van der Waals surface area contributed by atoms with E-state index >= 15 is 0 Å². The Balaban J connectivity index is 1.82. The van der Waals surface area contributed by atoms with Gasteiger partial charge in [-0.15, -0.1) is 0 Å². The number of aromatic nitrogens is 1. The lowest BCUT2D eigenvalue weighted by molar-refractivity contribution is -0.436. The molecule has 1 unspecified atom stereocenters. The van der Waals surface area contributed by atoms with Crippen LogP contribution >= 0.6 is 0 Å². The van der Waals surface area contributed by atoms with Gasteiger partial charge in [0.05, 0.1) is 12.3 Å². The van der Waals surface area contributed by atoms with Gasteiger partial charge in [-0.25, -0.2) is 9.56 Å². The molecule has 1 aliphatic rings. The molecule has 0 radical (unpaired) electrons. The highest BCUT2D eigenvalue weighted by molar-refractivity contribution is 6.00. The number of nitrogens with zero attached hydrogens (tertiary/aromatic N) is 2. The Hall–Kier alpha value is -3.54. The van der Waals surface area contributed by atoms with Crippen molar-refractivity contribution in [1.82, 2.24) is 4.98 Å². The van der Waals surface area contributed by atoms with Crippen molar-refractivity contribution >= 4 is 23.6 Å². The van der Waals surface area contributed by atoms with Gasteiger partial charge in [-0.2, -0.15) is 0 Å². The van der Waals surface area contributed by atoms with Gasteiger partial charge in [-0.3, -0.25) is 4.79 Å². The van der Waals surface area contributed by atoms with Crippen LogP contribution in [0.15, 0.2) is 66.4 Å². The molecule has 1 aromatic carbocycles. The second kappa shape index (κ2) is 12.2. The number of nitrogens with one attached hydrogen (secondary N) is 2. The van der Waals surface area contributed by atoms with E-state index in [4.69, 9.17) is 10.1 Å². The molecule has 1 amide bonds. The zero-order chi connectivity index (χ0) is 25.4. The molecular formula is C29H37N4O2+. The highest BCUT2D eigenvalue weighted by Gasteiger charge is 2.36. The first-order valence-electron chi connectivity index (χ1n) is 12.4. The molecule has 6 heteroatoms. The van der Waals surface area contributed by atoms with E-state index in [9.17, 15) is 4.79 Å². The van der Waals surface area contributed by atoms with Gasteiger partial charge in [0.15, 0.2) is 11.7 Å². The molecule has 3 rings (SSSR count). The molecular weight excluding hydrogens is 436 g/mol. The number of hydrogen-bond donors (Lipinski definition) is 2. The lowest BCUT2D eigenvalue weighted by atomic mass is 9.94. The van der Waals surface area contributed by atoms with E-state index in [1.54, 1.807) is 29.1 Å². The van der Waals surface area contributed by atoms with E-state index in [1.165, 1.54) is 24.8 Å². The zero-order valence-electron chi connectivity index (χ0n) is 21.3. The predicted octanol–water partition coefficient (Wildman–Crippen LogP) is 5.92. The first-order chi connectivity index (χ1) is 16.8. The number of benzene rings is 1. The fourth-order valence-electron chi connectivity index (χ4n) is 4.10. The Labute approximate surface area is 209 Å². The molecule has 0 fully saturated rings. The van der Waals surface area contributed by atoms with Crippen LogP contribution in [0.2, 0.25) is 0 Å². The van der Waals surface area contributed by atoms with Crippen molar-refractivity contribution in [2.45, 2.75) is 71.9 Å². The van der Waals surface area contributed by atoms with Crippen LogP contribution in [-0.2, 0) is 11.2 Å². The van der Waals surface area contributed by atoms with Gasteiger partial charge in [-0.1, -0.05) is 50.0 Å². The molecule has 0 spiro atoms. The van der Waals surface area contributed by atoms with Gasteiger partial charge < -0.3 is 10.1 Å². The van der Waals surface area contributed by atoms with Crippen LogP contribution in [0.25, 0.3) is 0 Å². The fraction of sp³-hybridized carbons (Fsp3) is 0.379. The number of carbonyl (C=O) groups is 1. The van der Waals surface area contributed by atoms with Gasteiger partial charge >= 0.3 is 5.84 Å². The summed E-state index contributed by atoms with van der Waals surface area (Å²) in [6.45, 7) is 12.2. The first kappa shape index (κ1) is 26.1. The number of carbonyl (C=O) groups excluding carboxylic acids is 1. The smallest absolute Gasteiger partial charge is 0.341 e. The van der Waals surface area contributed by atoms with E-state index in [2.05, 4.69) is 35.9 Å². The van der Waals surface area contributed by atoms with Crippen molar-refractivity contribution in [1.29, 1.82) is 5.41 Å². The predicted molar refractivity (Wildman–Crippen MR) is 143 cm³/mol. The van der Waals surface area contributed by atoms with Crippen molar-refractivity contribution in [3.63, 3.8) is 0 Å². The maximum absolute atomic E-state index is 13.4. The largest absolute Gasteiger partial charge is 0.491 e. The number of allylic oxidation sites excluding steroid dienone is 2. The molecule has 6 nitrogen and oxygen atoms in total. The molecule has 0 saturated heterocycles. The summed E-state index contributed by atoms with van der Waals surface area (Å²) in [4.78, 5) is 17.8. The summed E-state index contributed by atoms with van der Waals surface area (Å²) >= 11 is 0. The van der Waals surface area contributed by atoms with E-state index in [0.717, 1.165) is 23.3 Å². The highest BCUT2D eigenvalue weighted by atomic mass is 16.5. The number of ether oxygens (including phenoxy) is 1. The highest BCUT2D eigenvalue weighted by Crippen LogP contribution is 2.24.